The first-order chi connectivity index (χ1) is 7.25. The number of aryl methyl sites for hydroxylation is 1. The van der Waals surface area contributed by atoms with Gasteiger partial charge in [0.1, 0.15) is 5.75 Å². The van der Waals surface area contributed by atoms with E-state index in [9.17, 15) is 5.11 Å². The maximum Gasteiger partial charge on any atom is 0.139 e. The Morgan fingerprint density at radius 3 is 2.27 bits per heavy atom. The number of anilines is 2. The number of hydrogen-bond donors (Lipinski definition) is 2. The number of para-hydroxylation sites is 2. The molecule has 2 nitrogen and oxygen atoms in total. The van der Waals surface area contributed by atoms with Crippen molar-refractivity contribution < 1.29 is 5.11 Å². The van der Waals surface area contributed by atoms with Gasteiger partial charge < -0.3 is 10.4 Å². The van der Waals surface area contributed by atoms with E-state index in [1.54, 1.807) is 12.1 Å². The van der Waals surface area contributed by atoms with E-state index in [1.807, 2.05) is 43.3 Å². The van der Waals surface area contributed by atoms with E-state index in [0.717, 1.165) is 11.4 Å². The van der Waals surface area contributed by atoms with Gasteiger partial charge in [-0.25, -0.2) is 0 Å². The van der Waals surface area contributed by atoms with Crippen molar-refractivity contribution in [2.75, 3.05) is 5.32 Å². The number of phenols is 1. The van der Waals surface area contributed by atoms with Gasteiger partial charge in [0.15, 0.2) is 0 Å². The van der Waals surface area contributed by atoms with Crippen LogP contribution in [0.1, 0.15) is 5.56 Å². The van der Waals surface area contributed by atoms with Crippen molar-refractivity contribution in [1.82, 2.24) is 0 Å². The number of rotatable bonds is 2. The molecule has 0 fully saturated rings. The first-order valence-corrected chi connectivity index (χ1v) is 4.87. The molecule has 15 heavy (non-hydrogen) atoms. The number of phenolic OH excluding ortho intramolecular Hbond substituents is 1. The van der Waals surface area contributed by atoms with Gasteiger partial charge in [-0.05, 0) is 31.2 Å². The Kier molecular flexibility index (Phi) is 2.59. The molecular weight excluding hydrogens is 186 g/mol. The molecular formula is C13H13NO. The third-order valence-corrected chi connectivity index (χ3v) is 2.23. The highest BCUT2D eigenvalue weighted by Crippen LogP contribution is 2.25. The van der Waals surface area contributed by atoms with Crippen molar-refractivity contribution in [3.05, 3.63) is 54.1 Å². The van der Waals surface area contributed by atoms with Crippen LogP contribution in [0.25, 0.3) is 0 Å². The largest absolute Gasteiger partial charge is 0.506 e. The summed E-state index contributed by atoms with van der Waals surface area (Å²) in [6, 6.07) is 15.2. The van der Waals surface area contributed by atoms with Crippen LogP contribution >= 0.6 is 0 Å². The second kappa shape index (κ2) is 4.05. The molecule has 0 aliphatic carbocycles. The van der Waals surface area contributed by atoms with Crippen LogP contribution in [-0.2, 0) is 0 Å². The summed E-state index contributed by atoms with van der Waals surface area (Å²) in [4.78, 5) is 0. The SMILES string of the molecule is Cc1ccc(Nc2ccccc2O)cc1. The quantitative estimate of drug-likeness (QED) is 0.726. The lowest BCUT2D eigenvalue weighted by molar-refractivity contribution is 0.478. The summed E-state index contributed by atoms with van der Waals surface area (Å²) in [6.45, 7) is 2.05. The minimum atomic E-state index is 0.262. The van der Waals surface area contributed by atoms with Crippen LogP contribution < -0.4 is 5.32 Å². The van der Waals surface area contributed by atoms with E-state index in [4.69, 9.17) is 0 Å². The summed E-state index contributed by atoms with van der Waals surface area (Å²) < 4.78 is 0. The maximum absolute atomic E-state index is 9.56. The van der Waals surface area contributed by atoms with Crippen LogP contribution in [0.5, 0.6) is 5.75 Å². The molecule has 0 aromatic heterocycles. The molecule has 0 spiro atoms. The van der Waals surface area contributed by atoms with Crippen molar-refractivity contribution in [2.45, 2.75) is 6.92 Å². The lowest BCUT2D eigenvalue weighted by atomic mass is 10.2. The van der Waals surface area contributed by atoms with Gasteiger partial charge in [-0.3, -0.25) is 0 Å². The summed E-state index contributed by atoms with van der Waals surface area (Å²) in [7, 11) is 0. The molecule has 0 radical (unpaired) electrons. The molecule has 0 saturated heterocycles. The lowest BCUT2D eigenvalue weighted by Crippen LogP contribution is -1.90. The van der Waals surface area contributed by atoms with Crippen LogP contribution in [0.4, 0.5) is 11.4 Å². The number of nitrogens with one attached hydrogen (secondary N) is 1. The predicted octanol–water partition coefficient (Wildman–Crippen LogP) is 3.44. The molecule has 2 aromatic rings. The molecule has 0 aliphatic heterocycles. The van der Waals surface area contributed by atoms with E-state index < -0.39 is 0 Å². The minimum Gasteiger partial charge on any atom is -0.506 e. The smallest absolute Gasteiger partial charge is 0.139 e. The van der Waals surface area contributed by atoms with Crippen molar-refractivity contribution in [3.8, 4) is 5.75 Å². The fourth-order valence-electron chi connectivity index (χ4n) is 1.37. The zero-order valence-corrected chi connectivity index (χ0v) is 8.57. The molecule has 0 bridgehead atoms. The lowest BCUT2D eigenvalue weighted by Gasteiger charge is -2.07. The third kappa shape index (κ3) is 2.29. The Bertz CT molecular complexity index is 448. The van der Waals surface area contributed by atoms with Crippen LogP contribution in [0.15, 0.2) is 48.5 Å². The van der Waals surface area contributed by atoms with Crippen LogP contribution in [-0.4, -0.2) is 5.11 Å². The first kappa shape index (κ1) is 9.59. The second-order valence-electron chi connectivity index (χ2n) is 3.51. The molecule has 2 rings (SSSR count). The average Bonchev–Trinajstić information content (AvgIpc) is 2.25. The minimum absolute atomic E-state index is 0.262. The van der Waals surface area contributed by atoms with Gasteiger partial charge >= 0.3 is 0 Å². The Morgan fingerprint density at radius 1 is 0.933 bits per heavy atom. The van der Waals surface area contributed by atoms with Gasteiger partial charge in [0, 0.05) is 5.69 Å². The summed E-state index contributed by atoms with van der Waals surface area (Å²) >= 11 is 0. The van der Waals surface area contributed by atoms with Gasteiger partial charge in [0.2, 0.25) is 0 Å². The Balaban J connectivity index is 2.22. The third-order valence-electron chi connectivity index (χ3n) is 2.23. The van der Waals surface area contributed by atoms with Crippen LogP contribution in [0.2, 0.25) is 0 Å². The summed E-state index contributed by atoms with van der Waals surface area (Å²) in [5, 5.41) is 12.7. The summed E-state index contributed by atoms with van der Waals surface area (Å²) in [5.41, 5.74) is 2.92. The van der Waals surface area contributed by atoms with Crippen molar-refractivity contribution >= 4 is 11.4 Å². The molecule has 0 heterocycles. The molecule has 2 heteroatoms. The van der Waals surface area contributed by atoms with E-state index in [-0.39, 0.29) is 5.75 Å². The maximum atomic E-state index is 9.56. The first-order valence-electron chi connectivity index (χ1n) is 4.87. The summed E-state index contributed by atoms with van der Waals surface area (Å²) in [5.74, 6) is 0.262. The van der Waals surface area contributed by atoms with Crippen molar-refractivity contribution in [3.63, 3.8) is 0 Å². The van der Waals surface area contributed by atoms with Gasteiger partial charge in [-0.1, -0.05) is 29.8 Å². The number of aromatic hydroxyl groups is 1. The number of hydrogen-bond acceptors (Lipinski definition) is 2. The summed E-state index contributed by atoms with van der Waals surface area (Å²) in [6.07, 6.45) is 0. The standard InChI is InChI=1S/C13H13NO/c1-10-6-8-11(9-7-10)14-12-4-2-3-5-13(12)15/h2-9,14-15H,1H3. The monoisotopic (exact) mass is 199 g/mol. The van der Waals surface area contributed by atoms with Crippen LogP contribution in [0, 0.1) is 6.92 Å². The Hall–Kier alpha value is -1.96. The molecule has 0 aliphatic rings. The highest BCUT2D eigenvalue weighted by atomic mass is 16.3. The molecule has 2 N–H and O–H groups in total. The zero-order valence-electron chi connectivity index (χ0n) is 8.57. The number of benzene rings is 2. The molecule has 76 valence electrons. The fourth-order valence-corrected chi connectivity index (χ4v) is 1.37. The Labute approximate surface area is 89.2 Å². The van der Waals surface area contributed by atoms with Gasteiger partial charge in [-0.2, -0.15) is 0 Å². The van der Waals surface area contributed by atoms with Crippen molar-refractivity contribution in [2.24, 2.45) is 0 Å². The molecule has 0 atom stereocenters. The second-order valence-corrected chi connectivity index (χ2v) is 3.51. The Morgan fingerprint density at radius 2 is 1.60 bits per heavy atom. The van der Waals surface area contributed by atoms with E-state index in [2.05, 4.69) is 5.32 Å². The molecule has 0 amide bonds. The highest BCUT2D eigenvalue weighted by molar-refractivity contribution is 5.65. The topological polar surface area (TPSA) is 32.3 Å². The zero-order chi connectivity index (χ0) is 10.7. The van der Waals surface area contributed by atoms with E-state index in [0.29, 0.717) is 0 Å². The van der Waals surface area contributed by atoms with Gasteiger partial charge in [-0.15, -0.1) is 0 Å². The molecule has 2 aromatic carbocycles. The van der Waals surface area contributed by atoms with E-state index >= 15 is 0 Å². The predicted molar refractivity (Wildman–Crippen MR) is 62.6 cm³/mol. The average molecular weight is 199 g/mol. The van der Waals surface area contributed by atoms with E-state index in [1.165, 1.54) is 5.56 Å². The molecule has 0 saturated carbocycles. The van der Waals surface area contributed by atoms with Gasteiger partial charge in [0.05, 0.1) is 5.69 Å². The van der Waals surface area contributed by atoms with Crippen LogP contribution in [0.3, 0.4) is 0 Å². The van der Waals surface area contributed by atoms with Crippen molar-refractivity contribution in [1.29, 1.82) is 0 Å². The fraction of sp³-hybridized carbons (Fsp3) is 0.0769. The highest BCUT2D eigenvalue weighted by Gasteiger charge is 1.98. The molecule has 0 unspecified atom stereocenters. The normalized spacial score (nSPS) is 9.93. The van der Waals surface area contributed by atoms with Gasteiger partial charge in [0.25, 0.3) is 0 Å².